The van der Waals surface area contributed by atoms with Crippen molar-refractivity contribution in [2.75, 3.05) is 5.73 Å². The number of anilines is 1. The highest BCUT2D eigenvalue weighted by Gasteiger charge is 2.19. The summed E-state index contributed by atoms with van der Waals surface area (Å²) in [4.78, 5) is 0. The van der Waals surface area contributed by atoms with Gasteiger partial charge in [-0.1, -0.05) is 15.9 Å². The number of nitrogen functional groups attached to an aromatic ring is 1. The van der Waals surface area contributed by atoms with Crippen LogP contribution in [0.2, 0.25) is 0 Å². The molecule has 0 amide bonds. The third kappa shape index (κ3) is 1.54. The molecule has 2 rings (SSSR count). The molecule has 0 fully saturated rings. The summed E-state index contributed by atoms with van der Waals surface area (Å²) in [7, 11) is -1.48. The maximum Gasteiger partial charge on any atom is 0.490 e. The predicted molar refractivity (Wildman–Crippen MR) is 63.8 cm³/mol. The van der Waals surface area contributed by atoms with Gasteiger partial charge in [-0.05, 0) is 23.6 Å². The van der Waals surface area contributed by atoms with E-state index in [1.54, 1.807) is 12.1 Å². The molecule has 3 nitrogen and oxygen atoms in total. The van der Waals surface area contributed by atoms with E-state index in [4.69, 9.17) is 5.73 Å². The lowest BCUT2D eigenvalue weighted by molar-refractivity contribution is 0.426. The molecule has 2 aromatic rings. The second-order valence-electron chi connectivity index (χ2n) is 2.90. The van der Waals surface area contributed by atoms with Crippen molar-refractivity contribution in [1.29, 1.82) is 0 Å². The van der Waals surface area contributed by atoms with Crippen LogP contribution in [0.3, 0.4) is 0 Å². The summed E-state index contributed by atoms with van der Waals surface area (Å²) in [6.07, 6.45) is 0. The molecule has 0 aliphatic rings. The van der Waals surface area contributed by atoms with Crippen molar-refractivity contribution in [1.82, 2.24) is 0 Å². The standard InChI is InChI=1S/C8H7BBrNO2S/c10-5-1-2-6-4(3-7(11)14-6)8(5)9(12)13/h1-3,12-13H,11H2. The van der Waals surface area contributed by atoms with Crippen LogP contribution < -0.4 is 11.2 Å². The fourth-order valence-corrected chi connectivity index (χ4v) is 2.78. The Morgan fingerprint density at radius 2 is 2.07 bits per heavy atom. The second-order valence-corrected chi connectivity index (χ2v) is 4.87. The topological polar surface area (TPSA) is 66.5 Å². The number of thiophene rings is 1. The van der Waals surface area contributed by atoms with Crippen LogP contribution in [0.15, 0.2) is 22.7 Å². The zero-order chi connectivity index (χ0) is 10.3. The molecule has 0 saturated heterocycles. The van der Waals surface area contributed by atoms with Crippen LogP contribution in [-0.2, 0) is 0 Å². The van der Waals surface area contributed by atoms with Gasteiger partial charge in [-0.25, -0.2) is 0 Å². The summed E-state index contributed by atoms with van der Waals surface area (Å²) in [5.41, 5.74) is 6.12. The molecular weight excluding hydrogens is 265 g/mol. The number of nitrogens with two attached hydrogens (primary N) is 1. The first kappa shape index (κ1) is 9.98. The SMILES string of the molecule is Nc1cc2c(B(O)O)c(Br)ccc2s1. The van der Waals surface area contributed by atoms with Gasteiger partial charge in [-0.3, -0.25) is 0 Å². The van der Waals surface area contributed by atoms with Gasteiger partial charge >= 0.3 is 7.12 Å². The van der Waals surface area contributed by atoms with Crippen LogP contribution in [0.4, 0.5) is 5.00 Å². The van der Waals surface area contributed by atoms with Crippen LogP contribution in [0, 0.1) is 0 Å². The zero-order valence-electron chi connectivity index (χ0n) is 7.07. The summed E-state index contributed by atoms with van der Waals surface area (Å²) in [5.74, 6) is 0. The highest BCUT2D eigenvalue weighted by molar-refractivity contribution is 9.10. The highest BCUT2D eigenvalue weighted by atomic mass is 79.9. The molecule has 1 aromatic carbocycles. The molecule has 0 unspecified atom stereocenters. The van der Waals surface area contributed by atoms with Gasteiger partial charge in [0, 0.05) is 14.6 Å². The largest absolute Gasteiger partial charge is 0.490 e. The summed E-state index contributed by atoms with van der Waals surface area (Å²) in [5, 5.41) is 19.9. The van der Waals surface area contributed by atoms with Crippen molar-refractivity contribution in [3.8, 4) is 0 Å². The lowest BCUT2D eigenvalue weighted by atomic mass is 9.78. The highest BCUT2D eigenvalue weighted by Crippen LogP contribution is 2.28. The van der Waals surface area contributed by atoms with Crippen LogP contribution in [0.1, 0.15) is 0 Å². The average molecular weight is 272 g/mol. The molecule has 0 aliphatic heterocycles. The van der Waals surface area contributed by atoms with Gasteiger partial charge < -0.3 is 15.8 Å². The summed E-state index contributed by atoms with van der Waals surface area (Å²) in [6.45, 7) is 0. The van der Waals surface area contributed by atoms with E-state index in [2.05, 4.69) is 15.9 Å². The number of hydrogen-bond donors (Lipinski definition) is 3. The van der Waals surface area contributed by atoms with E-state index in [1.807, 2.05) is 6.07 Å². The van der Waals surface area contributed by atoms with Crippen molar-refractivity contribution in [2.24, 2.45) is 0 Å². The molecule has 0 saturated carbocycles. The predicted octanol–water partition coefficient (Wildman–Crippen LogP) is 0.926. The molecule has 4 N–H and O–H groups in total. The Balaban J connectivity index is 2.82. The summed E-state index contributed by atoms with van der Waals surface area (Å²) >= 11 is 4.70. The van der Waals surface area contributed by atoms with Gasteiger partial charge in [0.15, 0.2) is 0 Å². The van der Waals surface area contributed by atoms with Crippen LogP contribution in [-0.4, -0.2) is 17.2 Å². The maximum absolute atomic E-state index is 9.20. The normalized spacial score (nSPS) is 10.8. The smallest absolute Gasteiger partial charge is 0.423 e. The molecule has 0 spiro atoms. The van der Waals surface area contributed by atoms with E-state index in [9.17, 15) is 10.0 Å². The minimum atomic E-state index is -1.48. The molecule has 14 heavy (non-hydrogen) atoms. The Morgan fingerprint density at radius 3 is 2.71 bits per heavy atom. The Morgan fingerprint density at radius 1 is 1.36 bits per heavy atom. The van der Waals surface area contributed by atoms with Crippen molar-refractivity contribution >= 4 is 54.9 Å². The average Bonchev–Trinajstić information content (AvgIpc) is 2.43. The Hall–Kier alpha value is -0.555. The van der Waals surface area contributed by atoms with Gasteiger partial charge in [-0.2, -0.15) is 0 Å². The monoisotopic (exact) mass is 271 g/mol. The van der Waals surface area contributed by atoms with Crippen molar-refractivity contribution in [2.45, 2.75) is 0 Å². The number of fused-ring (bicyclic) bond motifs is 1. The number of halogens is 1. The lowest BCUT2D eigenvalue weighted by Gasteiger charge is -2.03. The van der Waals surface area contributed by atoms with E-state index >= 15 is 0 Å². The molecule has 1 aromatic heterocycles. The molecule has 0 atom stereocenters. The van der Waals surface area contributed by atoms with Crippen molar-refractivity contribution < 1.29 is 10.0 Å². The van der Waals surface area contributed by atoms with Crippen LogP contribution >= 0.6 is 27.3 Å². The Labute approximate surface area is 93.4 Å². The third-order valence-corrected chi connectivity index (χ3v) is 3.59. The minimum Gasteiger partial charge on any atom is -0.423 e. The zero-order valence-corrected chi connectivity index (χ0v) is 9.47. The molecule has 6 heteroatoms. The number of hydrogen-bond acceptors (Lipinski definition) is 4. The third-order valence-electron chi connectivity index (χ3n) is 1.97. The fraction of sp³-hybridized carbons (Fsp3) is 0. The molecule has 72 valence electrons. The van der Waals surface area contributed by atoms with Gasteiger partial charge in [-0.15, -0.1) is 11.3 Å². The molecule has 0 aliphatic carbocycles. The number of benzene rings is 1. The molecular formula is C8H7BBrNO2S. The van der Waals surface area contributed by atoms with E-state index in [0.717, 1.165) is 10.1 Å². The molecule has 0 radical (unpaired) electrons. The summed E-state index contributed by atoms with van der Waals surface area (Å²) in [6, 6.07) is 5.43. The molecule has 1 heterocycles. The number of rotatable bonds is 1. The first-order chi connectivity index (χ1) is 6.59. The maximum atomic E-state index is 9.20. The first-order valence-electron chi connectivity index (χ1n) is 3.93. The first-order valence-corrected chi connectivity index (χ1v) is 5.54. The van der Waals surface area contributed by atoms with Gasteiger partial charge in [0.25, 0.3) is 0 Å². The van der Waals surface area contributed by atoms with Gasteiger partial charge in [0.05, 0.1) is 5.00 Å². The van der Waals surface area contributed by atoms with Crippen LogP contribution in [0.5, 0.6) is 0 Å². The minimum absolute atomic E-state index is 0.468. The van der Waals surface area contributed by atoms with E-state index in [0.29, 0.717) is 14.9 Å². The van der Waals surface area contributed by atoms with Crippen LogP contribution in [0.25, 0.3) is 10.1 Å². The van der Waals surface area contributed by atoms with E-state index < -0.39 is 7.12 Å². The van der Waals surface area contributed by atoms with Gasteiger partial charge in [0.1, 0.15) is 0 Å². The lowest BCUT2D eigenvalue weighted by Crippen LogP contribution is -2.31. The Kier molecular flexibility index (Phi) is 2.53. The second kappa shape index (κ2) is 3.54. The fourth-order valence-electron chi connectivity index (χ4n) is 1.39. The Bertz CT molecular complexity index is 485. The molecule has 0 bridgehead atoms. The van der Waals surface area contributed by atoms with Gasteiger partial charge in [0.2, 0.25) is 0 Å². The van der Waals surface area contributed by atoms with E-state index in [-0.39, 0.29) is 0 Å². The van der Waals surface area contributed by atoms with Crippen molar-refractivity contribution in [3.05, 3.63) is 22.7 Å². The van der Waals surface area contributed by atoms with Crippen molar-refractivity contribution in [3.63, 3.8) is 0 Å². The quantitative estimate of drug-likeness (QED) is 0.676. The summed E-state index contributed by atoms with van der Waals surface area (Å²) < 4.78 is 1.63. The van der Waals surface area contributed by atoms with E-state index in [1.165, 1.54) is 11.3 Å².